The van der Waals surface area contributed by atoms with Gasteiger partial charge in [0.2, 0.25) is 5.95 Å². The summed E-state index contributed by atoms with van der Waals surface area (Å²) in [4.78, 5) is 8.96. The minimum atomic E-state index is 0.290. The fourth-order valence-electron chi connectivity index (χ4n) is 6.73. The van der Waals surface area contributed by atoms with Crippen LogP contribution in [0.5, 0.6) is 0 Å². The van der Waals surface area contributed by atoms with Gasteiger partial charge in [0, 0.05) is 36.6 Å². The molecular formula is C25H30Cl2N6. The SMILES string of the molecule is N#Cc1cnc(NCc2ccccc2Cl)nc1NC[C@]12CC3C[C@H](C1)[C@H](NCCCl)[C@@H](C3)C2. The van der Waals surface area contributed by atoms with Crippen molar-refractivity contribution in [2.45, 2.75) is 44.7 Å². The molecule has 4 aliphatic carbocycles. The van der Waals surface area contributed by atoms with Crippen molar-refractivity contribution in [2.75, 3.05) is 29.6 Å². The van der Waals surface area contributed by atoms with Crippen LogP contribution in [0, 0.1) is 34.5 Å². The molecule has 3 N–H and O–H groups in total. The molecule has 8 heteroatoms. The van der Waals surface area contributed by atoms with Crippen LogP contribution in [0.4, 0.5) is 11.8 Å². The van der Waals surface area contributed by atoms with Gasteiger partial charge in [-0.05, 0) is 66.9 Å². The molecule has 174 valence electrons. The Morgan fingerprint density at radius 2 is 1.91 bits per heavy atom. The Bertz CT molecular complexity index is 1020. The monoisotopic (exact) mass is 484 g/mol. The second kappa shape index (κ2) is 9.66. The van der Waals surface area contributed by atoms with Crippen molar-refractivity contribution < 1.29 is 0 Å². The number of nitrogens with zero attached hydrogens (tertiary/aromatic N) is 3. The number of aromatic nitrogens is 2. The molecule has 0 saturated heterocycles. The average Bonchev–Trinajstić information content (AvgIpc) is 2.81. The summed E-state index contributed by atoms with van der Waals surface area (Å²) < 4.78 is 0. The number of benzene rings is 1. The van der Waals surface area contributed by atoms with E-state index in [9.17, 15) is 5.26 Å². The summed E-state index contributed by atoms with van der Waals surface area (Å²) in [6.45, 7) is 2.27. The summed E-state index contributed by atoms with van der Waals surface area (Å²) in [5.41, 5.74) is 1.75. The molecule has 4 bridgehead atoms. The van der Waals surface area contributed by atoms with Gasteiger partial charge in [-0.1, -0.05) is 29.8 Å². The van der Waals surface area contributed by atoms with E-state index < -0.39 is 0 Å². The van der Waals surface area contributed by atoms with Crippen molar-refractivity contribution in [3.63, 3.8) is 0 Å². The van der Waals surface area contributed by atoms with Gasteiger partial charge >= 0.3 is 0 Å². The average molecular weight is 485 g/mol. The van der Waals surface area contributed by atoms with Crippen molar-refractivity contribution in [2.24, 2.45) is 23.2 Å². The number of hydrogen-bond acceptors (Lipinski definition) is 6. The number of halogens is 2. The second-order valence-electron chi connectivity index (χ2n) is 10.0. The van der Waals surface area contributed by atoms with Crippen molar-refractivity contribution in [3.05, 3.63) is 46.6 Å². The van der Waals surface area contributed by atoms with Gasteiger partial charge in [-0.15, -0.1) is 11.6 Å². The molecule has 0 radical (unpaired) electrons. The molecule has 4 fully saturated rings. The molecular weight excluding hydrogens is 455 g/mol. The van der Waals surface area contributed by atoms with Gasteiger partial charge in [-0.25, -0.2) is 4.98 Å². The lowest BCUT2D eigenvalue weighted by molar-refractivity contribution is -0.0688. The van der Waals surface area contributed by atoms with E-state index in [1.54, 1.807) is 6.20 Å². The lowest BCUT2D eigenvalue weighted by Crippen LogP contribution is -2.59. The summed E-state index contributed by atoms with van der Waals surface area (Å²) >= 11 is 12.2. The zero-order valence-corrected chi connectivity index (χ0v) is 20.2. The fraction of sp³-hybridized carbons (Fsp3) is 0.560. The molecule has 0 aliphatic heterocycles. The quantitative estimate of drug-likeness (QED) is 0.431. The third-order valence-electron chi connectivity index (χ3n) is 7.81. The van der Waals surface area contributed by atoms with Crippen molar-refractivity contribution in [1.29, 1.82) is 5.26 Å². The Hall–Kier alpha value is -2.07. The highest BCUT2D eigenvalue weighted by atomic mass is 35.5. The van der Waals surface area contributed by atoms with E-state index in [-0.39, 0.29) is 0 Å². The molecule has 0 spiro atoms. The van der Waals surface area contributed by atoms with Crippen LogP contribution in [0.25, 0.3) is 0 Å². The Balaban J connectivity index is 1.26. The third kappa shape index (κ3) is 4.77. The predicted molar refractivity (Wildman–Crippen MR) is 133 cm³/mol. The number of nitriles is 1. The lowest BCUT2D eigenvalue weighted by atomic mass is 9.48. The van der Waals surface area contributed by atoms with Crippen LogP contribution in [0.15, 0.2) is 30.5 Å². The third-order valence-corrected chi connectivity index (χ3v) is 8.37. The molecule has 2 aromatic rings. The first kappa shape index (κ1) is 22.7. The summed E-state index contributed by atoms with van der Waals surface area (Å²) in [7, 11) is 0. The molecule has 1 aromatic carbocycles. The maximum absolute atomic E-state index is 9.60. The Labute approximate surface area is 205 Å². The summed E-state index contributed by atoms with van der Waals surface area (Å²) in [6.07, 6.45) is 8.02. The highest BCUT2D eigenvalue weighted by molar-refractivity contribution is 6.31. The normalized spacial score (nSPS) is 29.6. The molecule has 6 rings (SSSR count). The minimum absolute atomic E-state index is 0.290. The van der Waals surface area contributed by atoms with E-state index in [2.05, 4.69) is 32.0 Å². The minimum Gasteiger partial charge on any atom is -0.368 e. The molecule has 4 aliphatic rings. The molecule has 1 aromatic heterocycles. The lowest BCUT2D eigenvalue weighted by Gasteiger charge is -2.60. The van der Waals surface area contributed by atoms with Gasteiger partial charge in [0.1, 0.15) is 17.5 Å². The first-order chi connectivity index (χ1) is 16.1. The van der Waals surface area contributed by atoms with E-state index in [1.807, 2.05) is 24.3 Å². The molecule has 6 nitrogen and oxygen atoms in total. The topological polar surface area (TPSA) is 85.7 Å². The molecule has 5 atom stereocenters. The van der Waals surface area contributed by atoms with Crippen LogP contribution in [-0.2, 0) is 6.54 Å². The Kier molecular flexibility index (Phi) is 6.65. The summed E-state index contributed by atoms with van der Waals surface area (Å²) in [5.74, 6) is 4.06. The van der Waals surface area contributed by atoms with Crippen LogP contribution in [-0.4, -0.2) is 35.0 Å². The van der Waals surface area contributed by atoms with Crippen LogP contribution >= 0.6 is 23.2 Å². The van der Waals surface area contributed by atoms with Crippen LogP contribution in [0.3, 0.4) is 0 Å². The number of nitrogens with one attached hydrogen (secondary N) is 3. The standard InChI is InChI=1S/C25H30Cl2N6/c26-5-6-29-22-18-7-16-8-19(22)11-25(9-16,10-18)15-32-23-20(12-28)14-31-24(33-23)30-13-17-3-1-2-4-21(17)27/h1-4,14,16,18-19,22,29H,5-11,13,15H2,(H2,30,31,32,33)/t16?,18-,19+,22+,25-. The predicted octanol–water partition coefficient (Wildman–Crippen LogP) is 5.05. The van der Waals surface area contributed by atoms with E-state index >= 15 is 0 Å². The summed E-state index contributed by atoms with van der Waals surface area (Å²) in [6, 6.07) is 10.6. The number of alkyl halides is 1. The van der Waals surface area contributed by atoms with Crippen molar-refractivity contribution in [1.82, 2.24) is 15.3 Å². The maximum Gasteiger partial charge on any atom is 0.224 e. The number of anilines is 2. The molecule has 1 unspecified atom stereocenters. The second-order valence-corrected chi connectivity index (χ2v) is 10.8. The van der Waals surface area contributed by atoms with E-state index in [0.29, 0.717) is 46.2 Å². The zero-order chi connectivity index (χ0) is 22.8. The zero-order valence-electron chi connectivity index (χ0n) is 18.7. The highest BCUT2D eigenvalue weighted by Gasteiger charge is 2.54. The van der Waals surface area contributed by atoms with Crippen LogP contribution in [0.1, 0.15) is 43.2 Å². The first-order valence-electron chi connectivity index (χ1n) is 11.9. The Morgan fingerprint density at radius 3 is 2.64 bits per heavy atom. The first-order valence-corrected chi connectivity index (χ1v) is 12.8. The van der Waals surface area contributed by atoms with Crippen LogP contribution < -0.4 is 16.0 Å². The molecule has 4 saturated carbocycles. The van der Waals surface area contributed by atoms with Crippen LogP contribution in [0.2, 0.25) is 5.02 Å². The van der Waals surface area contributed by atoms with E-state index in [4.69, 9.17) is 23.2 Å². The highest BCUT2D eigenvalue weighted by Crippen LogP contribution is 2.60. The number of hydrogen-bond donors (Lipinski definition) is 3. The molecule has 1 heterocycles. The smallest absolute Gasteiger partial charge is 0.224 e. The van der Waals surface area contributed by atoms with Gasteiger partial charge in [-0.3, -0.25) is 0 Å². The van der Waals surface area contributed by atoms with Gasteiger partial charge < -0.3 is 16.0 Å². The Morgan fingerprint density at radius 1 is 1.12 bits per heavy atom. The van der Waals surface area contributed by atoms with Crippen molar-refractivity contribution >= 4 is 35.0 Å². The van der Waals surface area contributed by atoms with Gasteiger partial charge in [0.05, 0.1) is 6.20 Å². The largest absolute Gasteiger partial charge is 0.368 e. The number of rotatable bonds is 9. The maximum atomic E-state index is 9.60. The molecule has 33 heavy (non-hydrogen) atoms. The van der Waals surface area contributed by atoms with Gasteiger partial charge in [0.25, 0.3) is 0 Å². The van der Waals surface area contributed by atoms with Crippen molar-refractivity contribution in [3.8, 4) is 6.07 Å². The van der Waals surface area contributed by atoms with Gasteiger partial charge in [0.15, 0.2) is 0 Å². The summed E-state index contributed by atoms with van der Waals surface area (Å²) in [5, 5.41) is 20.8. The van der Waals surface area contributed by atoms with Gasteiger partial charge in [-0.2, -0.15) is 10.2 Å². The molecule has 0 amide bonds. The van der Waals surface area contributed by atoms with E-state index in [1.165, 1.54) is 32.1 Å². The van der Waals surface area contributed by atoms with E-state index in [0.717, 1.165) is 36.4 Å². The fourth-order valence-corrected chi connectivity index (χ4v) is 7.05.